The Bertz CT molecular complexity index is 1230. The Hall–Kier alpha value is -3.65. The van der Waals surface area contributed by atoms with Gasteiger partial charge in [0.1, 0.15) is 6.54 Å². The molecule has 0 saturated heterocycles. The van der Waals surface area contributed by atoms with Gasteiger partial charge in [0, 0.05) is 6.54 Å². The van der Waals surface area contributed by atoms with Gasteiger partial charge >= 0.3 is 0 Å². The van der Waals surface area contributed by atoms with Gasteiger partial charge in [-0.2, -0.15) is 0 Å². The number of carbonyl (C=O) groups excluding carboxylic acids is 2. The Balaban J connectivity index is 1.76. The summed E-state index contributed by atoms with van der Waals surface area (Å²) in [7, 11) is -3.71. The zero-order chi connectivity index (χ0) is 23.8. The van der Waals surface area contributed by atoms with E-state index in [9.17, 15) is 18.0 Å². The number of nitrogens with one attached hydrogen (secondary N) is 2. The molecule has 0 unspecified atom stereocenters. The summed E-state index contributed by atoms with van der Waals surface area (Å²) in [6.07, 6.45) is 1.69. The van der Waals surface area contributed by atoms with Gasteiger partial charge in [-0.15, -0.1) is 0 Å². The van der Waals surface area contributed by atoms with Crippen LogP contribution in [0.3, 0.4) is 0 Å². The summed E-state index contributed by atoms with van der Waals surface area (Å²) in [4.78, 5) is 25.6. The van der Waals surface area contributed by atoms with E-state index in [1.807, 2.05) is 49.4 Å². The SMILES string of the molecule is CCc1ccccc1N(CC(=O)Nc1ccccc1C(=O)NCc1ccccc1)S(C)(=O)=O. The van der Waals surface area contributed by atoms with Gasteiger partial charge in [-0.05, 0) is 35.7 Å². The maximum absolute atomic E-state index is 12.8. The molecule has 0 aliphatic heterocycles. The number of carbonyl (C=O) groups is 2. The minimum atomic E-state index is -3.71. The molecule has 7 nitrogen and oxygen atoms in total. The Kier molecular flexibility index (Phi) is 7.84. The fourth-order valence-corrected chi connectivity index (χ4v) is 4.31. The van der Waals surface area contributed by atoms with Crippen LogP contribution in [-0.4, -0.2) is 33.0 Å². The maximum atomic E-state index is 12.8. The quantitative estimate of drug-likeness (QED) is 0.505. The minimum Gasteiger partial charge on any atom is -0.348 e. The summed E-state index contributed by atoms with van der Waals surface area (Å²) in [6, 6.07) is 23.2. The Morgan fingerprint density at radius 3 is 2.21 bits per heavy atom. The summed E-state index contributed by atoms with van der Waals surface area (Å²) in [6.45, 7) is 1.86. The molecule has 0 saturated carbocycles. The lowest BCUT2D eigenvalue weighted by Gasteiger charge is -2.24. The minimum absolute atomic E-state index is 0.293. The highest BCUT2D eigenvalue weighted by molar-refractivity contribution is 7.92. The van der Waals surface area contributed by atoms with Crippen LogP contribution in [0, 0.1) is 0 Å². The average molecular weight is 466 g/mol. The standard InChI is InChI=1S/C25H27N3O4S/c1-3-20-13-7-10-16-23(20)28(33(2,31)32)18-24(29)27-22-15-9-8-14-21(22)25(30)26-17-19-11-5-4-6-12-19/h4-16H,3,17-18H2,1-2H3,(H,26,30)(H,27,29). The third-order valence-corrected chi connectivity index (χ3v) is 6.20. The second kappa shape index (κ2) is 10.8. The van der Waals surface area contributed by atoms with E-state index in [4.69, 9.17) is 0 Å². The van der Waals surface area contributed by atoms with Gasteiger partial charge in [0.2, 0.25) is 15.9 Å². The van der Waals surface area contributed by atoms with E-state index in [2.05, 4.69) is 10.6 Å². The van der Waals surface area contributed by atoms with E-state index in [0.29, 0.717) is 29.9 Å². The lowest BCUT2D eigenvalue weighted by Crippen LogP contribution is -2.38. The van der Waals surface area contributed by atoms with Crippen LogP contribution in [-0.2, 0) is 27.8 Å². The van der Waals surface area contributed by atoms with E-state index in [0.717, 1.165) is 21.7 Å². The summed E-state index contributed by atoms with van der Waals surface area (Å²) in [5.41, 5.74) is 2.83. The number of para-hydroxylation sites is 2. The highest BCUT2D eigenvalue weighted by atomic mass is 32.2. The fourth-order valence-electron chi connectivity index (χ4n) is 3.42. The largest absolute Gasteiger partial charge is 0.348 e. The zero-order valence-electron chi connectivity index (χ0n) is 18.6. The molecule has 0 aliphatic rings. The summed E-state index contributed by atoms with van der Waals surface area (Å²) in [5, 5.41) is 5.53. The lowest BCUT2D eigenvalue weighted by atomic mass is 10.1. The van der Waals surface area contributed by atoms with Crippen molar-refractivity contribution in [2.45, 2.75) is 19.9 Å². The Morgan fingerprint density at radius 2 is 1.52 bits per heavy atom. The predicted octanol–water partition coefficient (Wildman–Crippen LogP) is 3.58. The van der Waals surface area contributed by atoms with Gasteiger partial charge in [0.05, 0.1) is 23.2 Å². The molecular weight excluding hydrogens is 438 g/mol. The third kappa shape index (κ3) is 6.43. The normalized spacial score (nSPS) is 11.0. The van der Waals surface area contributed by atoms with Crippen molar-refractivity contribution in [3.05, 3.63) is 95.6 Å². The maximum Gasteiger partial charge on any atom is 0.253 e. The molecule has 0 aromatic heterocycles. The molecule has 3 rings (SSSR count). The van der Waals surface area contributed by atoms with Crippen LogP contribution in [0.25, 0.3) is 0 Å². The lowest BCUT2D eigenvalue weighted by molar-refractivity contribution is -0.114. The molecule has 0 atom stereocenters. The summed E-state index contributed by atoms with van der Waals surface area (Å²) in [5.74, 6) is -0.888. The Morgan fingerprint density at radius 1 is 0.879 bits per heavy atom. The fraction of sp³-hybridized carbons (Fsp3) is 0.200. The van der Waals surface area contributed by atoms with Gasteiger partial charge in [-0.3, -0.25) is 13.9 Å². The molecule has 33 heavy (non-hydrogen) atoms. The number of anilines is 2. The molecule has 0 fully saturated rings. The van der Waals surface area contributed by atoms with Crippen molar-refractivity contribution < 1.29 is 18.0 Å². The number of sulfonamides is 1. The summed E-state index contributed by atoms with van der Waals surface area (Å²) < 4.78 is 26.0. The Labute approximate surface area is 194 Å². The molecule has 2 N–H and O–H groups in total. The molecule has 0 heterocycles. The van der Waals surface area contributed by atoms with Gasteiger partial charge in [0.15, 0.2) is 0 Å². The molecular formula is C25H27N3O4S. The van der Waals surface area contributed by atoms with E-state index in [-0.39, 0.29) is 5.91 Å². The number of aryl methyl sites for hydroxylation is 1. The predicted molar refractivity (Wildman–Crippen MR) is 131 cm³/mol. The average Bonchev–Trinajstić information content (AvgIpc) is 2.81. The number of nitrogens with zero attached hydrogens (tertiary/aromatic N) is 1. The van der Waals surface area contributed by atoms with Crippen LogP contribution in [0.1, 0.15) is 28.4 Å². The van der Waals surface area contributed by atoms with Gasteiger partial charge in [-0.25, -0.2) is 8.42 Å². The van der Waals surface area contributed by atoms with Crippen LogP contribution in [0.2, 0.25) is 0 Å². The smallest absolute Gasteiger partial charge is 0.253 e. The third-order valence-electron chi connectivity index (χ3n) is 5.07. The van der Waals surface area contributed by atoms with Crippen molar-refractivity contribution in [3.8, 4) is 0 Å². The van der Waals surface area contributed by atoms with Crippen LogP contribution in [0.15, 0.2) is 78.9 Å². The van der Waals surface area contributed by atoms with Crippen LogP contribution in [0.4, 0.5) is 11.4 Å². The molecule has 0 aliphatic carbocycles. The number of hydrogen-bond acceptors (Lipinski definition) is 4. The first-order valence-corrected chi connectivity index (χ1v) is 12.4. The van der Waals surface area contributed by atoms with Crippen molar-refractivity contribution in [3.63, 3.8) is 0 Å². The van der Waals surface area contributed by atoms with E-state index >= 15 is 0 Å². The second-order valence-electron chi connectivity index (χ2n) is 7.51. The molecule has 8 heteroatoms. The molecule has 172 valence electrons. The monoisotopic (exact) mass is 465 g/mol. The zero-order valence-corrected chi connectivity index (χ0v) is 19.4. The molecule has 2 amide bonds. The number of rotatable bonds is 9. The van der Waals surface area contributed by atoms with Crippen molar-refractivity contribution in [1.29, 1.82) is 0 Å². The van der Waals surface area contributed by atoms with Crippen molar-refractivity contribution in [1.82, 2.24) is 5.32 Å². The highest BCUT2D eigenvalue weighted by Crippen LogP contribution is 2.24. The number of hydrogen-bond donors (Lipinski definition) is 2. The molecule has 0 bridgehead atoms. The summed E-state index contributed by atoms with van der Waals surface area (Å²) >= 11 is 0. The molecule has 3 aromatic rings. The van der Waals surface area contributed by atoms with Crippen LogP contribution < -0.4 is 14.9 Å². The van der Waals surface area contributed by atoms with Crippen LogP contribution >= 0.6 is 0 Å². The van der Waals surface area contributed by atoms with Crippen molar-refractivity contribution in [2.24, 2.45) is 0 Å². The number of benzene rings is 3. The first kappa shape index (κ1) is 24.0. The first-order chi connectivity index (χ1) is 15.8. The van der Waals surface area contributed by atoms with Gasteiger partial charge < -0.3 is 10.6 Å². The van der Waals surface area contributed by atoms with Crippen LogP contribution in [0.5, 0.6) is 0 Å². The topological polar surface area (TPSA) is 95.6 Å². The van der Waals surface area contributed by atoms with Crippen molar-refractivity contribution >= 4 is 33.2 Å². The highest BCUT2D eigenvalue weighted by Gasteiger charge is 2.23. The molecule has 0 spiro atoms. The second-order valence-corrected chi connectivity index (χ2v) is 9.42. The first-order valence-electron chi connectivity index (χ1n) is 10.6. The van der Waals surface area contributed by atoms with Gasteiger partial charge in [-0.1, -0.05) is 67.6 Å². The van der Waals surface area contributed by atoms with Crippen molar-refractivity contribution in [2.75, 3.05) is 22.4 Å². The van der Waals surface area contributed by atoms with E-state index < -0.39 is 22.5 Å². The number of amides is 2. The molecule has 3 aromatic carbocycles. The van der Waals surface area contributed by atoms with E-state index in [1.54, 1.807) is 36.4 Å². The van der Waals surface area contributed by atoms with E-state index in [1.165, 1.54) is 0 Å². The van der Waals surface area contributed by atoms with Gasteiger partial charge in [0.25, 0.3) is 5.91 Å². The molecule has 0 radical (unpaired) electrons.